The predicted molar refractivity (Wildman–Crippen MR) is 102 cm³/mol. The molecule has 0 radical (unpaired) electrons. The van der Waals surface area contributed by atoms with Crippen molar-refractivity contribution in [3.8, 4) is 11.5 Å². The minimum absolute atomic E-state index is 0.00210. The van der Waals surface area contributed by atoms with Crippen molar-refractivity contribution in [2.75, 3.05) is 23.9 Å². The van der Waals surface area contributed by atoms with E-state index < -0.39 is 18.0 Å². The van der Waals surface area contributed by atoms with E-state index in [1.807, 2.05) is 6.07 Å². The summed E-state index contributed by atoms with van der Waals surface area (Å²) in [5.41, 5.74) is 0.698. The van der Waals surface area contributed by atoms with Gasteiger partial charge in [0, 0.05) is 13.0 Å². The molecule has 1 unspecified atom stereocenters. The summed E-state index contributed by atoms with van der Waals surface area (Å²) >= 11 is 0. The van der Waals surface area contributed by atoms with Gasteiger partial charge in [0.1, 0.15) is 11.5 Å². The molecule has 3 rings (SSSR count). The summed E-state index contributed by atoms with van der Waals surface area (Å²) in [6.45, 7) is 1.80. The number of ether oxygens (including phenoxy) is 2. The monoisotopic (exact) mass is 384 g/mol. The molecule has 2 N–H and O–H groups in total. The third kappa shape index (κ3) is 3.90. The number of aromatic carboxylic acids is 1. The van der Waals surface area contributed by atoms with Crippen LogP contribution in [0.4, 0.5) is 11.4 Å². The molecule has 0 aliphatic carbocycles. The van der Waals surface area contributed by atoms with Crippen molar-refractivity contribution >= 4 is 29.2 Å². The first-order valence-electron chi connectivity index (χ1n) is 8.69. The van der Waals surface area contributed by atoms with Gasteiger partial charge in [-0.15, -0.1) is 0 Å². The van der Waals surface area contributed by atoms with Crippen molar-refractivity contribution in [2.24, 2.45) is 0 Å². The molecule has 8 nitrogen and oxygen atoms in total. The van der Waals surface area contributed by atoms with Crippen LogP contribution in [0.2, 0.25) is 0 Å². The van der Waals surface area contributed by atoms with Crippen LogP contribution in [-0.2, 0) is 9.59 Å². The Morgan fingerprint density at radius 2 is 2.00 bits per heavy atom. The fraction of sp³-hybridized carbons (Fsp3) is 0.250. The molecule has 2 amide bonds. The minimum Gasteiger partial charge on any atom is -0.497 e. The van der Waals surface area contributed by atoms with E-state index in [-0.39, 0.29) is 30.1 Å². The largest absolute Gasteiger partial charge is 0.497 e. The Kier molecular flexibility index (Phi) is 5.49. The normalized spacial score (nSPS) is 15.4. The first-order valence-corrected chi connectivity index (χ1v) is 8.69. The number of rotatable bonds is 6. The molecular weight excluding hydrogens is 364 g/mol. The zero-order chi connectivity index (χ0) is 20.3. The lowest BCUT2D eigenvalue weighted by Gasteiger charge is -2.32. The average molecular weight is 384 g/mol. The summed E-state index contributed by atoms with van der Waals surface area (Å²) in [6, 6.07) is 11.5. The third-order valence-corrected chi connectivity index (χ3v) is 4.37. The second-order valence-electron chi connectivity index (χ2n) is 6.23. The molecule has 0 aromatic heterocycles. The molecule has 2 aromatic carbocycles. The molecule has 28 heavy (non-hydrogen) atoms. The van der Waals surface area contributed by atoms with Crippen LogP contribution in [0.1, 0.15) is 23.7 Å². The number of para-hydroxylation sites is 2. The van der Waals surface area contributed by atoms with Gasteiger partial charge in [0.05, 0.1) is 24.0 Å². The SMILES string of the molecule is COc1ccc(NC(=O)CCN2C(=O)C(C)Oc3ccccc32)c(C(=O)O)c1. The standard InChI is InChI=1S/C20H20N2O6/c1-12-19(24)22(16-5-3-4-6-17(16)28-12)10-9-18(23)21-15-8-7-13(27-2)11-14(15)20(25)26/h3-8,11-12H,9-10H2,1-2H3,(H,21,23)(H,25,26). The highest BCUT2D eigenvalue weighted by Crippen LogP contribution is 2.33. The van der Waals surface area contributed by atoms with Gasteiger partial charge in [0.25, 0.3) is 5.91 Å². The van der Waals surface area contributed by atoms with Gasteiger partial charge in [-0.2, -0.15) is 0 Å². The first-order chi connectivity index (χ1) is 13.4. The summed E-state index contributed by atoms with van der Waals surface area (Å²) < 4.78 is 10.6. The lowest BCUT2D eigenvalue weighted by molar-refractivity contribution is -0.125. The van der Waals surface area contributed by atoms with E-state index in [9.17, 15) is 19.5 Å². The number of hydrogen-bond acceptors (Lipinski definition) is 5. The van der Waals surface area contributed by atoms with Crippen molar-refractivity contribution in [3.05, 3.63) is 48.0 Å². The maximum absolute atomic E-state index is 12.5. The van der Waals surface area contributed by atoms with Gasteiger partial charge in [0.15, 0.2) is 6.10 Å². The molecule has 2 aromatic rings. The van der Waals surface area contributed by atoms with Crippen LogP contribution in [0.3, 0.4) is 0 Å². The van der Waals surface area contributed by atoms with Crippen LogP contribution in [0.15, 0.2) is 42.5 Å². The van der Waals surface area contributed by atoms with Crippen molar-refractivity contribution < 1.29 is 29.0 Å². The van der Waals surface area contributed by atoms with Crippen molar-refractivity contribution in [1.29, 1.82) is 0 Å². The van der Waals surface area contributed by atoms with Gasteiger partial charge < -0.3 is 24.8 Å². The first kappa shape index (κ1) is 19.2. The number of benzene rings is 2. The van der Waals surface area contributed by atoms with Gasteiger partial charge in [0.2, 0.25) is 5.91 Å². The van der Waals surface area contributed by atoms with Crippen LogP contribution >= 0.6 is 0 Å². The fourth-order valence-corrected chi connectivity index (χ4v) is 2.95. The zero-order valence-corrected chi connectivity index (χ0v) is 15.5. The molecule has 1 aliphatic heterocycles. The molecule has 1 aliphatic rings. The lowest BCUT2D eigenvalue weighted by atomic mass is 10.1. The third-order valence-electron chi connectivity index (χ3n) is 4.37. The number of carbonyl (C=O) groups excluding carboxylic acids is 2. The lowest BCUT2D eigenvalue weighted by Crippen LogP contribution is -2.45. The number of nitrogens with one attached hydrogen (secondary N) is 1. The maximum Gasteiger partial charge on any atom is 0.337 e. The van der Waals surface area contributed by atoms with Crippen LogP contribution in [-0.4, -0.2) is 42.6 Å². The fourth-order valence-electron chi connectivity index (χ4n) is 2.95. The highest BCUT2D eigenvalue weighted by atomic mass is 16.5. The van der Waals surface area contributed by atoms with Crippen molar-refractivity contribution in [2.45, 2.75) is 19.4 Å². The van der Waals surface area contributed by atoms with E-state index in [4.69, 9.17) is 9.47 Å². The molecule has 0 saturated heterocycles. The number of anilines is 2. The van der Waals surface area contributed by atoms with Gasteiger partial charge in [-0.05, 0) is 37.3 Å². The second kappa shape index (κ2) is 7.99. The Hall–Kier alpha value is -3.55. The molecule has 8 heteroatoms. The topological polar surface area (TPSA) is 105 Å². The Bertz CT molecular complexity index is 927. The summed E-state index contributed by atoms with van der Waals surface area (Å²) in [5, 5.41) is 11.9. The molecule has 1 atom stereocenters. The van der Waals surface area contributed by atoms with Crippen LogP contribution in [0.25, 0.3) is 0 Å². The van der Waals surface area contributed by atoms with Crippen molar-refractivity contribution in [1.82, 2.24) is 0 Å². The van der Waals surface area contributed by atoms with Crippen LogP contribution in [0.5, 0.6) is 11.5 Å². The molecule has 0 bridgehead atoms. The number of amides is 2. The summed E-state index contributed by atoms with van der Waals surface area (Å²) in [7, 11) is 1.43. The Morgan fingerprint density at radius 1 is 1.25 bits per heavy atom. The molecular formula is C20H20N2O6. The highest BCUT2D eigenvalue weighted by molar-refractivity contribution is 6.02. The smallest absolute Gasteiger partial charge is 0.337 e. The molecule has 0 spiro atoms. The number of carbonyl (C=O) groups is 3. The summed E-state index contributed by atoms with van der Waals surface area (Å²) in [6.07, 6.45) is -0.643. The van der Waals surface area contributed by atoms with E-state index in [0.717, 1.165) is 0 Å². The Balaban J connectivity index is 1.71. The average Bonchev–Trinajstić information content (AvgIpc) is 2.68. The quantitative estimate of drug-likeness (QED) is 0.793. The van der Waals surface area contributed by atoms with Crippen LogP contribution < -0.4 is 19.7 Å². The van der Waals surface area contributed by atoms with E-state index in [0.29, 0.717) is 17.2 Å². The molecule has 146 valence electrons. The number of carboxylic acids is 1. The minimum atomic E-state index is -1.18. The van der Waals surface area contributed by atoms with E-state index >= 15 is 0 Å². The molecule has 0 saturated carbocycles. The number of fused-ring (bicyclic) bond motifs is 1. The van der Waals surface area contributed by atoms with E-state index in [2.05, 4.69) is 5.32 Å². The maximum atomic E-state index is 12.5. The molecule has 0 fully saturated rings. The van der Waals surface area contributed by atoms with Crippen LogP contribution in [0, 0.1) is 0 Å². The van der Waals surface area contributed by atoms with E-state index in [1.54, 1.807) is 31.2 Å². The summed E-state index contributed by atoms with van der Waals surface area (Å²) in [5.74, 6) is -0.863. The highest BCUT2D eigenvalue weighted by Gasteiger charge is 2.31. The van der Waals surface area contributed by atoms with Crippen molar-refractivity contribution in [3.63, 3.8) is 0 Å². The number of hydrogen-bond donors (Lipinski definition) is 2. The Morgan fingerprint density at radius 3 is 2.71 bits per heavy atom. The molecule has 1 heterocycles. The van der Waals surface area contributed by atoms with E-state index in [1.165, 1.54) is 24.1 Å². The van der Waals surface area contributed by atoms with Gasteiger partial charge in [-0.1, -0.05) is 12.1 Å². The Labute approximate surface area is 161 Å². The predicted octanol–water partition coefficient (Wildman–Crippen LogP) is 2.54. The van der Waals surface area contributed by atoms with Gasteiger partial charge >= 0.3 is 5.97 Å². The number of nitrogens with zero attached hydrogens (tertiary/aromatic N) is 1. The summed E-state index contributed by atoms with van der Waals surface area (Å²) in [4.78, 5) is 37.8. The number of carboxylic acid groups (broad SMARTS) is 1. The number of methoxy groups -OCH3 is 1. The van der Waals surface area contributed by atoms with Gasteiger partial charge in [-0.25, -0.2) is 4.79 Å². The zero-order valence-electron chi connectivity index (χ0n) is 15.5. The second-order valence-corrected chi connectivity index (χ2v) is 6.23. The van der Waals surface area contributed by atoms with Gasteiger partial charge in [-0.3, -0.25) is 9.59 Å².